The molecule has 0 aromatic carbocycles. The van der Waals surface area contributed by atoms with Crippen LogP contribution in [0.5, 0.6) is 0 Å². The quantitative estimate of drug-likeness (QED) is 0.895. The number of aromatic nitrogens is 2. The molecule has 2 aliphatic rings. The number of anilines is 1. The summed E-state index contributed by atoms with van der Waals surface area (Å²) in [4.78, 5) is 36.2. The second-order valence-electron chi connectivity index (χ2n) is 6.26. The number of nitrogens with zero attached hydrogens (tertiary/aromatic N) is 4. The van der Waals surface area contributed by atoms with Crippen LogP contribution in [0.4, 0.5) is 5.95 Å². The van der Waals surface area contributed by atoms with Crippen LogP contribution in [0.1, 0.15) is 25.7 Å². The lowest BCUT2D eigenvalue weighted by Gasteiger charge is -2.37. The lowest BCUT2D eigenvalue weighted by molar-refractivity contribution is -0.145. The Kier molecular flexibility index (Phi) is 4.73. The van der Waals surface area contributed by atoms with Gasteiger partial charge in [0.05, 0.1) is 5.92 Å². The van der Waals surface area contributed by atoms with E-state index in [4.69, 9.17) is 5.11 Å². The van der Waals surface area contributed by atoms with Crippen molar-refractivity contribution in [2.24, 2.45) is 11.8 Å². The fourth-order valence-corrected chi connectivity index (χ4v) is 3.48. The highest BCUT2D eigenvalue weighted by Gasteiger charge is 2.34. The minimum Gasteiger partial charge on any atom is -0.481 e. The molecule has 2 atom stereocenters. The fraction of sp³-hybridized carbons (Fsp3) is 0.625. The van der Waals surface area contributed by atoms with Crippen LogP contribution in [0.15, 0.2) is 18.5 Å². The Morgan fingerprint density at radius 3 is 2.35 bits per heavy atom. The number of carbonyl (C=O) groups is 2. The number of hydrogen-bond donors (Lipinski definition) is 1. The van der Waals surface area contributed by atoms with Gasteiger partial charge in [-0.1, -0.05) is 6.42 Å². The molecular weight excluding hydrogens is 296 g/mol. The smallest absolute Gasteiger partial charge is 0.306 e. The third-order valence-corrected chi connectivity index (χ3v) is 4.80. The van der Waals surface area contributed by atoms with E-state index < -0.39 is 5.97 Å². The van der Waals surface area contributed by atoms with E-state index in [0.29, 0.717) is 45.0 Å². The Balaban J connectivity index is 1.55. The van der Waals surface area contributed by atoms with Gasteiger partial charge in [-0.05, 0) is 25.3 Å². The summed E-state index contributed by atoms with van der Waals surface area (Å²) in [5.41, 5.74) is 0. The van der Waals surface area contributed by atoms with E-state index in [-0.39, 0.29) is 17.7 Å². The summed E-state index contributed by atoms with van der Waals surface area (Å²) in [6.07, 6.45) is 6.24. The zero-order chi connectivity index (χ0) is 16.2. The van der Waals surface area contributed by atoms with Crippen LogP contribution in [0.25, 0.3) is 0 Å². The maximum Gasteiger partial charge on any atom is 0.306 e. The molecule has 2 heterocycles. The zero-order valence-corrected chi connectivity index (χ0v) is 13.1. The lowest BCUT2D eigenvalue weighted by Crippen LogP contribution is -2.51. The number of carboxylic acids is 1. The summed E-state index contributed by atoms with van der Waals surface area (Å²) in [6.45, 7) is 2.71. The molecule has 1 aliphatic heterocycles. The van der Waals surface area contributed by atoms with Gasteiger partial charge >= 0.3 is 5.97 Å². The molecule has 2 fully saturated rings. The molecule has 1 aromatic rings. The van der Waals surface area contributed by atoms with E-state index in [2.05, 4.69) is 14.9 Å². The molecule has 124 valence electrons. The van der Waals surface area contributed by atoms with Gasteiger partial charge in [0.25, 0.3) is 0 Å². The van der Waals surface area contributed by atoms with Crippen LogP contribution in [0, 0.1) is 11.8 Å². The minimum atomic E-state index is -0.770. The van der Waals surface area contributed by atoms with Crippen LogP contribution >= 0.6 is 0 Å². The molecule has 0 spiro atoms. The molecule has 1 amide bonds. The van der Waals surface area contributed by atoms with Gasteiger partial charge in [-0.15, -0.1) is 0 Å². The Morgan fingerprint density at radius 2 is 1.70 bits per heavy atom. The topological polar surface area (TPSA) is 86.6 Å². The monoisotopic (exact) mass is 318 g/mol. The van der Waals surface area contributed by atoms with Gasteiger partial charge in [-0.2, -0.15) is 0 Å². The predicted molar refractivity (Wildman–Crippen MR) is 83.9 cm³/mol. The zero-order valence-electron chi connectivity index (χ0n) is 13.1. The summed E-state index contributed by atoms with van der Waals surface area (Å²) in [6, 6.07) is 1.78. The van der Waals surface area contributed by atoms with Gasteiger partial charge < -0.3 is 14.9 Å². The second kappa shape index (κ2) is 6.93. The number of amides is 1. The highest BCUT2D eigenvalue weighted by Crippen LogP contribution is 2.30. The maximum atomic E-state index is 12.6. The molecule has 1 aliphatic carbocycles. The molecular formula is C16H22N4O3. The second-order valence-corrected chi connectivity index (χ2v) is 6.26. The number of carboxylic acid groups (broad SMARTS) is 1. The SMILES string of the molecule is O=C(O)[C@@H]1CCC[C@H](C(=O)N2CCN(c3ncccn3)CC2)C1. The first-order valence-electron chi connectivity index (χ1n) is 8.18. The van der Waals surface area contributed by atoms with E-state index in [1.165, 1.54) is 0 Å². The van der Waals surface area contributed by atoms with Crippen molar-refractivity contribution in [3.05, 3.63) is 18.5 Å². The maximum absolute atomic E-state index is 12.6. The molecule has 1 aromatic heterocycles. The van der Waals surface area contributed by atoms with Crippen LogP contribution in [0.2, 0.25) is 0 Å². The number of carbonyl (C=O) groups excluding carboxylic acids is 1. The van der Waals surface area contributed by atoms with Crippen molar-refractivity contribution in [2.45, 2.75) is 25.7 Å². The average Bonchev–Trinajstić information content (AvgIpc) is 2.62. The van der Waals surface area contributed by atoms with Crippen LogP contribution in [-0.4, -0.2) is 58.0 Å². The molecule has 1 N–H and O–H groups in total. The fourth-order valence-electron chi connectivity index (χ4n) is 3.48. The Bertz CT molecular complexity index is 558. The molecule has 23 heavy (non-hydrogen) atoms. The van der Waals surface area contributed by atoms with Crippen LogP contribution < -0.4 is 4.90 Å². The molecule has 0 radical (unpaired) electrons. The number of piperazine rings is 1. The van der Waals surface area contributed by atoms with Gasteiger partial charge in [-0.25, -0.2) is 9.97 Å². The molecule has 3 rings (SSSR count). The summed E-state index contributed by atoms with van der Waals surface area (Å²) in [5, 5.41) is 9.16. The molecule has 1 saturated heterocycles. The Labute approximate surface area is 135 Å². The van der Waals surface area contributed by atoms with Gasteiger partial charge in [0, 0.05) is 44.5 Å². The summed E-state index contributed by atoms with van der Waals surface area (Å²) in [7, 11) is 0. The minimum absolute atomic E-state index is 0.115. The Hall–Kier alpha value is -2.18. The van der Waals surface area contributed by atoms with Crippen LogP contribution in [0.3, 0.4) is 0 Å². The average molecular weight is 318 g/mol. The number of hydrogen-bond acceptors (Lipinski definition) is 5. The van der Waals surface area contributed by atoms with Gasteiger partial charge in [0.1, 0.15) is 0 Å². The number of rotatable bonds is 3. The van der Waals surface area contributed by atoms with Crippen molar-refractivity contribution in [1.82, 2.24) is 14.9 Å². The molecule has 7 nitrogen and oxygen atoms in total. The van der Waals surface area contributed by atoms with Crippen molar-refractivity contribution in [2.75, 3.05) is 31.1 Å². The van der Waals surface area contributed by atoms with E-state index in [1.54, 1.807) is 18.5 Å². The lowest BCUT2D eigenvalue weighted by atomic mass is 9.80. The third kappa shape index (κ3) is 3.60. The standard InChI is InChI=1S/C16H22N4O3/c21-14(12-3-1-4-13(11-12)15(22)23)19-7-9-20(10-8-19)16-17-5-2-6-18-16/h2,5-6,12-13H,1,3-4,7-11H2,(H,22,23)/t12-,13+/m0/s1. The van der Waals surface area contributed by atoms with Crippen molar-refractivity contribution in [3.8, 4) is 0 Å². The highest BCUT2D eigenvalue weighted by atomic mass is 16.4. The molecule has 1 saturated carbocycles. The van der Waals surface area contributed by atoms with Gasteiger partial charge in [0.15, 0.2) is 0 Å². The summed E-state index contributed by atoms with van der Waals surface area (Å²) in [5.74, 6) is -0.456. The number of aliphatic carboxylic acids is 1. The normalized spacial score (nSPS) is 25.2. The largest absolute Gasteiger partial charge is 0.481 e. The predicted octanol–water partition coefficient (Wildman–Crippen LogP) is 1.02. The molecule has 0 unspecified atom stereocenters. The summed E-state index contributed by atoms with van der Waals surface area (Å²) < 4.78 is 0. The highest BCUT2D eigenvalue weighted by molar-refractivity contribution is 5.80. The van der Waals surface area contributed by atoms with Crippen molar-refractivity contribution >= 4 is 17.8 Å². The molecule has 0 bridgehead atoms. The Morgan fingerprint density at radius 1 is 1.04 bits per heavy atom. The van der Waals surface area contributed by atoms with Crippen LogP contribution in [-0.2, 0) is 9.59 Å². The first-order valence-corrected chi connectivity index (χ1v) is 8.18. The van der Waals surface area contributed by atoms with Gasteiger partial charge in [-0.3, -0.25) is 9.59 Å². The van der Waals surface area contributed by atoms with Gasteiger partial charge in [0.2, 0.25) is 11.9 Å². The van der Waals surface area contributed by atoms with Crippen molar-refractivity contribution < 1.29 is 14.7 Å². The van der Waals surface area contributed by atoms with E-state index in [1.807, 2.05) is 4.90 Å². The van der Waals surface area contributed by atoms with E-state index in [0.717, 1.165) is 12.8 Å². The van der Waals surface area contributed by atoms with E-state index in [9.17, 15) is 9.59 Å². The van der Waals surface area contributed by atoms with E-state index >= 15 is 0 Å². The first kappa shape index (κ1) is 15.7. The van der Waals surface area contributed by atoms with Crippen molar-refractivity contribution in [1.29, 1.82) is 0 Å². The summed E-state index contributed by atoms with van der Waals surface area (Å²) >= 11 is 0. The van der Waals surface area contributed by atoms with Crippen molar-refractivity contribution in [3.63, 3.8) is 0 Å². The first-order chi connectivity index (χ1) is 11.1. The third-order valence-electron chi connectivity index (χ3n) is 4.80. The molecule has 7 heteroatoms.